The van der Waals surface area contributed by atoms with Crippen LogP contribution in [0.1, 0.15) is 18.9 Å². The van der Waals surface area contributed by atoms with Crippen LogP contribution in [0.5, 0.6) is 5.75 Å². The van der Waals surface area contributed by atoms with Gasteiger partial charge < -0.3 is 20.3 Å². The number of nitrogens with zero attached hydrogens (tertiary/aromatic N) is 2. The fourth-order valence-electron chi connectivity index (χ4n) is 4.00. The van der Waals surface area contributed by atoms with E-state index in [-0.39, 0.29) is 30.1 Å². The van der Waals surface area contributed by atoms with Crippen LogP contribution in [0.2, 0.25) is 0 Å². The van der Waals surface area contributed by atoms with Crippen molar-refractivity contribution in [2.45, 2.75) is 25.9 Å². The van der Waals surface area contributed by atoms with E-state index in [0.717, 1.165) is 50.9 Å². The Labute approximate surface area is 191 Å². The number of para-hydroxylation sites is 2. The number of benzene rings is 2. The second kappa shape index (κ2) is 10.7. The number of halogens is 1. The van der Waals surface area contributed by atoms with Gasteiger partial charge in [0.05, 0.1) is 6.54 Å². The summed E-state index contributed by atoms with van der Waals surface area (Å²) < 4.78 is 6.02. The van der Waals surface area contributed by atoms with E-state index in [1.807, 2.05) is 12.1 Å². The Bertz CT molecular complexity index is 773. The van der Waals surface area contributed by atoms with Crippen LogP contribution in [0.4, 0.5) is 5.69 Å². The topological polar surface area (TPSA) is 48.9 Å². The van der Waals surface area contributed by atoms with Crippen molar-refractivity contribution < 1.29 is 4.74 Å². The second-order valence-electron chi connectivity index (χ2n) is 7.59. The Morgan fingerprint density at radius 3 is 2.69 bits per heavy atom. The summed E-state index contributed by atoms with van der Waals surface area (Å²) in [6, 6.07) is 19.0. The summed E-state index contributed by atoms with van der Waals surface area (Å²) in [7, 11) is 0. The van der Waals surface area contributed by atoms with E-state index in [4.69, 9.17) is 9.73 Å². The molecule has 0 spiro atoms. The van der Waals surface area contributed by atoms with Crippen LogP contribution < -0.4 is 20.3 Å². The van der Waals surface area contributed by atoms with Crippen molar-refractivity contribution in [3.05, 3.63) is 60.2 Å². The van der Waals surface area contributed by atoms with Crippen LogP contribution in [-0.2, 0) is 6.42 Å². The zero-order valence-corrected chi connectivity index (χ0v) is 19.3. The lowest BCUT2D eigenvalue weighted by Gasteiger charge is -2.18. The van der Waals surface area contributed by atoms with Gasteiger partial charge in [0.2, 0.25) is 0 Å². The third kappa shape index (κ3) is 5.78. The zero-order chi connectivity index (χ0) is 19.2. The molecule has 0 radical (unpaired) electrons. The molecule has 2 aliphatic rings. The molecule has 1 fully saturated rings. The van der Waals surface area contributed by atoms with Crippen molar-refractivity contribution >= 4 is 35.6 Å². The zero-order valence-electron chi connectivity index (χ0n) is 17.0. The van der Waals surface area contributed by atoms with Crippen molar-refractivity contribution in [3.8, 4) is 5.75 Å². The van der Waals surface area contributed by atoms with Crippen molar-refractivity contribution in [1.82, 2.24) is 10.6 Å². The highest BCUT2D eigenvalue weighted by Gasteiger charge is 2.24. The summed E-state index contributed by atoms with van der Waals surface area (Å²) in [6.07, 6.45) is 2.32. The number of aliphatic imine (C=N–C) groups is 1. The van der Waals surface area contributed by atoms with Crippen LogP contribution in [0.15, 0.2) is 59.6 Å². The van der Waals surface area contributed by atoms with Gasteiger partial charge in [-0.1, -0.05) is 36.4 Å². The number of hydrogen-bond acceptors (Lipinski definition) is 3. The first-order valence-electron chi connectivity index (χ1n) is 10.4. The number of guanidine groups is 1. The van der Waals surface area contributed by atoms with Crippen molar-refractivity contribution in [2.24, 2.45) is 10.9 Å². The average molecular weight is 506 g/mol. The molecule has 5 nitrogen and oxygen atoms in total. The maximum absolute atomic E-state index is 6.02. The molecule has 1 saturated heterocycles. The highest BCUT2D eigenvalue weighted by atomic mass is 127. The Balaban J connectivity index is 0.00000240. The summed E-state index contributed by atoms with van der Waals surface area (Å²) in [4.78, 5) is 7.31. The van der Waals surface area contributed by atoms with Gasteiger partial charge in [-0.25, -0.2) is 0 Å². The predicted octanol–water partition coefficient (Wildman–Crippen LogP) is 3.69. The smallest absolute Gasteiger partial charge is 0.191 e. The maximum Gasteiger partial charge on any atom is 0.191 e. The normalized spacial score (nSPS) is 20.6. The van der Waals surface area contributed by atoms with E-state index in [1.54, 1.807) is 0 Å². The minimum atomic E-state index is 0. The lowest BCUT2D eigenvalue weighted by atomic mass is 10.1. The average Bonchev–Trinajstić information content (AvgIpc) is 3.37. The molecule has 2 unspecified atom stereocenters. The van der Waals surface area contributed by atoms with Crippen LogP contribution >= 0.6 is 24.0 Å². The van der Waals surface area contributed by atoms with Gasteiger partial charge in [-0.15, -0.1) is 24.0 Å². The van der Waals surface area contributed by atoms with Crippen molar-refractivity contribution in [2.75, 3.05) is 37.6 Å². The molecule has 2 aliphatic heterocycles. The second-order valence-corrected chi connectivity index (χ2v) is 7.59. The summed E-state index contributed by atoms with van der Waals surface area (Å²) in [5.41, 5.74) is 2.61. The van der Waals surface area contributed by atoms with Gasteiger partial charge in [0.25, 0.3) is 0 Å². The first kappa shape index (κ1) is 21.7. The largest absolute Gasteiger partial charge is 0.488 e. The van der Waals surface area contributed by atoms with E-state index in [2.05, 4.69) is 64.9 Å². The molecule has 2 aromatic rings. The number of nitrogens with one attached hydrogen (secondary N) is 2. The number of hydrogen-bond donors (Lipinski definition) is 2. The van der Waals surface area contributed by atoms with Crippen molar-refractivity contribution in [3.63, 3.8) is 0 Å². The number of rotatable bonds is 6. The molecule has 2 heterocycles. The van der Waals surface area contributed by atoms with Crippen LogP contribution in [-0.4, -0.2) is 44.8 Å². The van der Waals surface area contributed by atoms with E-state index in [0.29, 0.717) is 5.92 Å². The van der Waals surface area contributed by atoms with Gasteiger partial charge in [0.1, 0.15) is 11.9 Å². The lowest BCUT2D eigenvalue weighted by molar-refractivity contribution is 0.235. The first-order valence-corrected chi connectivity index (χ1v) is 10.4. The van der Waals surface area contributed by atoms with Gasteiger partial charge in [-0.2, -0.15) is 0 Å². The van der Waals surface area contributed by atoms with Crippen molar-refractivity contribution in [1.29, 1.82) is 0 Å². The maximum atomic E-state index is 6.02. The molecular formula is C23H31IN4O. The molecule has 0 saturated carbocycles. The van der Waals surface area contributed by atoms with E-state index in [9.17, 15) is 0 Å². The molecule has 0 bridgehead atoms. The van der Waals surface area contributed by atoms with Crippen LogP contribution in [0, 0.1) is 5.92 Å². The highest BCUT2D eigenvalue weighted by molar-refractivity contribution is 14.0. The Morgan fingerprint density at radius 1 is 1.10 bits per heavy atom. The van der Waals surface area contributed by atoms with E-state index < -0.39 is 0 Å². The summed E-state index contributed by atoms with van der Waals surface area (Å²) in [5, 5.41) is 6.83. The van der Waals surface area contributed by atoms with Gasteiger partial charge >= 0.3 is 0 Å². The van der Waals surface area contributed by atoms with Gasteiger partial charge in [0.15, 0.2) is 5.96 Å². The number of anilines is 1. The monoisotopic (exact) mass is 506 g/mol. The van der Waals surface area contributed by atoms with Gasteiger partial charge in [-0.05, 0) is 43.0 Å². The standard InChI is InChI=1S/C23H30N4O.HI/c1-2-24-23(26-16-21-14-19-8-6-7-11-22(19)28-21)25-15-18-12-13-27(17-18)20-9-4-3-5-10-20;/h3-11,18,21H,2,12-17H2,1H3,(H2,24,25,26);1H. The fraction of sp³-hybridized carbons (Fsp3) is 0.435. The molecule has 0 amide bonds. The highest BCUT2D eigenvalue weighted by Crippen LogP contribution is 2.27. The third-order valence-electron chi connectivity index (χ3n) is 5.47. The number of fused-ring (bicyclic) bond motifs is 1. The Hall–Kier alpha value is -1.96. The molecule has 2 N–H and O–H groups in total. The minimum Gasteiger partial charge on any atom is -0.488 e. The summed E-state index contributed by atoms with van der Waals surface area (Å²) in [6.45, 7) is 6.77. The minimum absolute atomic E-state index is 0. The van der Waals surface area contributed by atoms with Gasteiger partial charge in [0, 0.05) is 38.3 Å². The SMILES string of the molecule is CCNC(=NCC1CCN(c2ccccc2)C1)NCC1Cc2ccccc2O1.I. The lowest BCUT2D eigenvalue weighted by Crippen LogP contribution is -2.42. The van der Waals surface area contributed by atoms with Crippen LogP contribution in [0.25, 0.3) is 0 Å². The molecule has 6 heteroatoms. The molecule has 156 valence electrons. The molecular weight excluding hydrogens is 475 g/mol. The summed E-state index contributed by atoms with van der Waals surface area (Å²) in [5.74, 6) is 2.51. The third-order valence-corrected chi connectivity index (χ3v) is 5.47. The summed E-state index contributed by atoms with van der Waals surface area (Å²) >= 11 is 0. The molecule has 0 aliphatic carbocycles. The Morgan fingerprint density at radius 2 is 1.90 bits per heavy atom. The first-order chi connectivity index (χ1) is 13.8. The molecule has 29 heavy (non-hydrogen) atoms. The van der Waals surface area contributed by atoms with Crippen LogP contribution in [0.3, 0.4) is 0 Å². The van der Waals surface area contributed by atoms with Gasteiger partial charge in [-0.3, -0.25) is 4.99 Å². The van der Waals surface area contributed by atoms with E-state index >= 15 is 0 Å². The number of ether oxygens (including phenoxy) is 1. The molecule has 4 rings (SSSR count). The predicted molar refractivity (Wildman–Crippen MR) is 131 cm³/mol. The quantitative estimate of drug-likeness (QED) is 0.357. The Kier molecular flexibility index (Phi) is 8.03. The molecule has 2 aromatic carbocycles. The fourth-order valence-corrected chi connectivity index (χ4v) is 4.00. The molecule has 2 atom stereocenters. The van der Waals surface area contributed by atoms with E-state index in [1.165, 1.54) is 17.7 Å². The molecule has 0 aromatic heterocycles.